The van der Waals surface area contributed by atoms with Gasteiger partial charge >= 0.3 is 0 Å². The largest absolute Gasteiger partial charge is 0.481 e. The van der Waals surface area contributed by atoms with E-state index in [0.717, 1.165) is 43.6 Å². The van der Waals surface area contributed by atoms with Crippen LogP contribution >= 0.6 is 0 Å². The highest BCUT2D eigenvalue weighted by molar-refractivity contribution is 6.13. The second-order valence-corrected chi connectivity index (χ2v) is 8.81. The van der Waals surface area contributed by atoms with E-state index in [1.165, 1.54) is 18.6 Å². The smallest absolute Gasteiger partial charge is 0.212 e. The third kappa shape index (κ3) is 5.85. The van der Waals surface area contributed by atoms with Gasteiger partial charge in [-0.3, -0.25) is 4.90 Å². The first kappa shape index (κ1) is 25.6. The normalized spacial score (nSPS) is 15.3. The van der Waals surface area contributed by atoms with E-state index in [1.54, 1.807) is 31.1 Å². The van der Waals surface area contributed by atoms with Gasteiger partial charge in [0, 0.05) is 98.3 Å². The molecule has 4 heterocycles. The standard InChI is InChI=1S/C27H31N9O/c1-31-14-21(10-28)20-9-25(27-23(12-30)16-34-36(27)18-20)22(11-29)15-32-24-5-7-35(8-6-24)17-19-3-4-26(37-2)33-13-19/h3-4,9-11,13-16,18,24,28-29,31-32H,5-8,17H2,1-2H3/b21-14+,22-15+,28-10?,29-11?. The second-order valence-electron chi connectivity index (χ2n) is 8.81. The molecule has 10 heteroatoms. The highest BCUT2D eigenvalue weighted by Crippen LogP contribution is 2.26. The third-order valence-corrected chi connectivity index (χ3v) is 6.46. The number of pyridine rings is 2. The van der Waals surface area contributed by atoms with Crippen molar-refractivity contribution in [1.82, 2.24) is 30.1 Å². The molecule has 1 fully saturated rings. The van der Waals surface area contributed by atoms with Crippen molar-refractivity contribution in [2.24, 2.45) is 0 Å². The summed E-state index contributed by atoms with van der Waals surface area (Å²) in [6.45, 7) is 2.76. The van der Waals surface area contributed by atoms with Crippen LogP contribution in [-0.2, 0) is 6.54 Å². The van der Waals surface area contributed by atoms with Crippen molar-refractivity contribution in [3.05, 3.63) is 71.4 Å². The molecule has 3 aromatic heterocycles. The maximum Gasteiger partial charge on any atom is 0.212 e. The van der Waals surface area contributed by atoms with E-state index in [9.17, 15) is 5.26 Å². The summed E-state index contributed by atoms with van der Waals surface area (Å²) in [4.78, 5) is 6.70. The number of nitrogens with one attached hydrogen (secondary N) is 4. The Labute approximate surface area is 216 Å². The minimum absolute atomic E-state index is 0.279. The van der Waals surface area contributed by atoms with Crippen molar-refractivity contribution in [2.45, 2.75) is 25.4 Å². The lowest BCUT2D eigenvalue weighted by atomic mass is 10.00. The van der Waals surface area contributed by atoms with Crippen LogP contribution < -0.4 is 15.4 Å². The number of aromatic nitrogens is 3. The van der Waals surface area contributed by atoms with Crippen molar-refractivity contribution in [3.63, 3.8) is 0 Å². The fraction of sp³-hybridized carbons (Fsp3) is 0.296. The van der Waals surface area contributed by atoms with Gasteiger partial charge in [-0.1, -0.05) is 6.07 Å². The molecule has 1 aliphatic heterocycles. The van der Waals surface area contributed by atoms with E-state index in [0.29, 0.717) is 33.7 Å². The van der Waals surface area contributed by atoms with Gasteiger partial charge in [0.05, 0.1) is 24.4 Å². The summed E-state index contributed by atoms with van der Waals surface area (Å²) in [7, 11) is 3.39. The Morgan fingerprint density at radius 1 is 1.19 bits per heavy atom. The molecule has 4 rings (SSSR count). The number of hydrogen-bond acceptors (Lipinski definition) is 9. The number of ether oxygens (including phenoxy) is 1. The van der Waals surface area contributed by atoms with Crippen LogP contribution in [0.15, 0.2) is 49.2 Å². The molecular weight excluding hydrogens is 466 g/mol. The van der Waals surface area contributed by atoms with Gasteiger partial charge in [0.15, 0.2) is 0 Å². The summed E-state index contributed by atoms with van der Waals surface area (Å²) in [6, 6.07) is 8.31. The quantitative estimate of drug-likeness (QED) is 0.316. The van der Waals surface area contributed by atoms with Crippen molar-refractivity contribution in [2.75, 3.05) is 27.2 Å². The zero-order chi connectivity index (χ0) is 26.2. The fourth-order valence-corrected chi connectivity index (χ4v) is 4.49. The SMILES string of the molecule is CN/C=C(\C=N)c1cc(/C(C=N)=C/NC2CCN(Cc3ccc(OC)nc3)CC2)c2c(C#N)cnn2c1. The monoisotopic (exact) mass is 497 g/mol. The highest BCUT2D eigenvalue weighted by atomic mass is 16.5. The van der Waals surface area contributed by atoms with E-state index in [-0.39, 0.29) is 6.04 Å². The lowest BCUT2D eigenvalue weighted by Crippen LogP contribution is -2.40. The van der Waals surface area contributed by atoms with Gasteiger partial charge in [-0.05, 0) is 24.5 Å². The average Bonchev–Trinajstić information content (AvgIpc) is 3.36. The molecule has 0 atom stereocenters. The van der Waals surface area contributed by atoms with Crippen molar-refractivity contribution >= 4 is 29.1 Å². The number of piperidine rings is 1. The first-order valence-corrected chi connectivity index (χ1v) is 12.1. The number of nitrogens with zero attached hydrogens (tertiary/aromatic N) is 5. The molecule has 4 N–H and O–H groups in total. The molecule has 3 aromatic rings. The number of rotatable bonds is 10. The lowest BCUT2D eigenvalue weighted by molar-refractivity contribution is 0.196. The maximum atomic E-state index is 9.63. The van der Waals surface area contributed by atoms with Gasteiger partial charge in [-0.2, -0.15) is 10.4 Å². The predicted molar refractivity (Wildman–Crippen MR) is 145 cm³/mol. The molecule has 0 amide bonds. The molecule has 0 radical (unpaired) electrons. The lowest BCUT2D eigenvalue weighted by Gasteiger charge is -2.32. The van der Waals surface area contributed by atoms with E-state index in [1.807, 2.05) is 30.6 Å². The molecule has 1 saturated heterocycles. The maximum absolute atomic E-state index is 9.63. The van der Waals surface area contributed by atoms with Gasteiger partial charge in [0.1, 0.15) is 6.07 Å². The van der Waals surface area contributed by atoms with Gasteiger partial charge in [0.25, 0.3) is 0 Å². The Bertz CT molecular complexity index is 1360. The Morgan fingerprint density at radius 3 is 2.59 bits per heavy atom. The first-order chi connectivity index (χ1) is 18.1. The predicted octanol–water partition coefficient (Wildman–Crippen LogP) is 3.06. The highest BCUT2D eigenvalue weighted by Gasteiger charge is 2.20. The summed E-state index contributed by atoms with van der Waals surface area (Å²) in [5.41, 5.74) is 5.01. The molecule has 190 valence electrons. The number of methoxy groups -OCH3 is 1. The summed E-state index contributed by atoms with van der Waals surface area (Å²) in [5, 5.41) is 36.3. The van der Waals surface area contributed by atoms with E-state index in [4.69, 9.17) is 15.6 Å². The molecule has 0 aliphatic carbocycles. The summed E-state index contributed by atoms with van der Waals surface area (Å²) < 4.78 is 6.78. The van der Waals surface area contributed by atoms with Gasteiger partial charge in [-0.15, -0.1) is 0 Å². The minimum Gasteiger partial charge on any atom is -0.481 e. The Balaban J connectivity index is 1.50. The second kappa shape index (κ2) is 12.0. The van der Waals surface area contributed by atoms with Crippen LogP contribution in [0, 0.1) is 22.1 Å². The molecule has 10 nitrogen and oxygen atoms in total. The van der Waals surface area contributed by atoms with E-state index >= 15 is 0 Å². The van der Waals surface area contributed by atoms with Crippen LogP contribution in [0.5, 0.6) is 5.88 Å². The van der Waals surface area contributed by atoms with Gasteiger partial charge in [-0.25, -0.2) is 9.50 Å². The van der Waals surface area contributed by atoms with Crippen LogP contribution in [0.3, 0.4) is 0 Å². The zero-order valence-corrected chi connectivity index (χ0v) is 21.0. The third-order valence-electron chi connectivity index (χ3n) is 6.46. The Morgan fingerprint density at radius 2 is 1.97 bits per heavy atom. The van der Waals surface area contributed by atoms with Crippen molar-refractivity contribution in [1.29, 1.82) is 16.1 Å². The molecule has 0 bridgehead atoms. The summed E-state index contributed by atoms with van der Waals surface area (Å²) >= 11 is 0. The number of likely N-dealkylation sites (tertiary alicyclic amines) is 1. The number of fused-ring (bicyclic) bond motifs is 1. The Hall–Kier alpha value is -4.49. The molecule has 0 aromatic carbocycles. The van der Waals surface area contributed by atoms with Crippen molar-refractivity contribution < 1.29 is 4.74 Å². The minimum atomic E-state index is 0.279. The molecule has 1 aliphatic rings. The fourth-order valence-electron chi connectivity index (χ4n) is 4.49. The Kier molecular flexibility index (Phi) is 8.28. The van der Waals surface area contributed by atoms with Crippen LogP contribution in [0.1, 0.15) is 35.1 Å². The molecule has 0 unspecified atom stereocenters. The average molecular weight is 498 g/mol. The summed E-state index contributed by atoms with van der Waals surface area (Å²) in [5.74, 6) is 0.619. The number of allylic oxidation sites excluding steroid dienone is 2. The molecule has 0 spiro atoms. The van der Waals surface area contributed by atoms with Crippen molar-refractivity contribution in [3.8, 4) is 11.9 Å². The van der Waals surface area contributed by atoms with Gasteiger partial charge in [0.2, 0.25) is 5.88 Å². The van der Waals surface area contributed by atoms with Crippen LogP contribution in [0.2, 0.25) is 0 Å². The number of hydrogen-bond donors (Lipinski definition) is 4. The van der Waals surface area contributed by atoms with Gasteiger partial charge < -0.3 is 26.2 Å². The summed E-state index contributed by atoms with van der Waals surface area (Å²) in [6.07, 6.45) is 13.3. The molecule has 37 heavy (non-hydrogen) atoms. The van der Waals surface area contributed by atoms with Crippen LogP contribution in [0.4, 0.5) is 0 Å². The van der Waals surface area contributed by atoms with Crippen LogP contribution in [-0.4, -0.2) is 65.2 Å². The first-order valence-electron chi connectivity index (χ1n) is 12.1. The van der Waals surface area contributed by atoms with Crippen LogP contribution in [0.25, 0.3) is 16.7 Å². The van der Waals surface area contributed by atoms with E-state index in [2.05, 4.69) is 31.7 Å². The topological polar surface area (TPSA) is 138 Å². The molecular formula is C27H31N9O. The zero-order valence-electron chi connectivity index (χ0n) is 21.0. The number of nitriles is 1. The molecule has 0 saturated carbocycles. The van der Waals surface area contributed by atoms with E-state index < -0.39 is 0 Å².